The minimum absolute atomic E-state index is 0.0492. The number of nitrogens with one attached hydrogen (secondary N) is 2. The Hall–Kier alpha value is -2.28. The van der Waals surface area contributed by atoms with E-state index in [-0.39, 0.29) is 5.69 Å². The van der Waals surface area contributed by atoms with E-state index >= 15 is 0 Å². The van der Waals surface area contributed by atoms with E-state index < -0.39 is 4.92 Å². The van der Waals surface area contributed by atoms with Crippen LogP contribution in [0.4, 0.5) is 5.69 Å². The minimum Gasteiger partial charge on any atom is -0.358 e. The van der Waals surface area contributed by atoms with Crippen molar-refractivity contribution >= 4 is 28.7 Å². The lowest BCUT2D eigenvalue weighted by Crippen LogP contribution is -2.33. The van der Waals surface area contributed by atoms with Gasteiger partial charge in [0.05, 0.1) is 10.6 Å². The second-order valence-electron chi connectivity index (χ2n) is 4.25. The molecule has 0 radical (unpaired) electrons. The Labute approximate surface area is 122 Å². The summed E-state index contributed by atoms with van der Waals surface area (Å²) in [6.07, 6.45) is 0. The van der Waals surface area contributed by atoms with Crippen LogP contribution >= 0.6 is 12.2 Å². The van der Waals surface area contributed by atoms with Crippen LogP contribution in [0.3, 0.4) is 0 Å². The second-order valence-corrected chi connectivity index (χ2v) is 4.66. The maximum Gasteiger partial charge on any atom is 0.269 e. The molecule has 106 valence electrons. The Morgan fingerprint density at radius 2 is 2.00 bits per heavy atom. The van der Waals surface area contributed by atoms with Crippen molar-refractivity contribution in [2.45, 2.75) is 13.8 Å². The fourth-order valence-corrected chi connectivity index (χ4v) is 1.41. The van der Waals surface area contributed by atoms with Gasteiger partial charge in [0, 0.05) is 18.7 Å². The van der Waals surface area contributed by atoms with Gasteiger partial charge in [-0.05, 0) is 43.8 Å². The summed E-state index contributed by atoms with van der Waals surface area (Å²) in [7, 11) is 0. The second kappa shape index (κ2) is 7.34. The molecule has 0 heterocycles. The fraction of sp³-hybridized carbons (Fsp3) is 0.231. The normalized spacial score (nSPS) is 10.8. The third-order valence-electron chi connectivity index (χ3n) is 2.37. The molecule has 0 aliphatic heterocycles. The number of thiocarbonyl (C=S) groups is 1. The van der Waals surface area contributed by atoms with Crippen LogP contribution in [0.15, 0.2) is 41.5 Å². The molecule has 1 rings (SSSR count). The SMILES string of the molecule is C=C(C)CNC(=S)N/N=C(\C)c1ccc([N+](=O)[O-])cc1. The molecule has 0 unspecified atom stereocenters. The summed E-state index contributed by atoms with van der Waals surface area (Å²) < 4.78 is 0. The molecule has 0 fully saturated rings. The van der Waals surface area contributed by atoms with E-state index in [0.29, 0.717) is 17.4 Å². The highest BCUT2D eigenvalue weighted by molar-refractivity contribution is 7.80. The van der Waals surface area contributed by atoms with Gasteiger partial charge < -0.3 is 5.32 Å². The van der Waals surface area contributed by atoms with E-state index in [9.17, 15) is 10.1 Å². The first-order valence-electron chi connectivity index (χ1n) is 5.87. The van der Waals surface area contributed by atoms with Crippen molar-refractivity contribution in [2.75, 3.05) is 6.54 Å². The van der Waals surface area contributed by atoms with Crippen molar-refractivity contribution in [2.24, 2.45) is 5.10 Å². The molecule has 20 heavy (non-hydrogen) atoms. The van der Waals surface area contributed by atoms with Crippen molar-refractivity contribution in [1.29, 1.82) is 0 Å². The maximum atomic E-state index is 10.6. The number of benzene rings is 1. The number of rotatable bonds is 5. The van der Waals surface area contributed by atoms with Crippen LogP contribution < -0.4 is 10.7 Å². The number of hydrogen-bond donors (Lipinski definition) is 2. The van der Waals surface area contributed by atoms with Crippen LogP contribution in [-0.2, 0) is 0 Å². The molecular weight excluding hydrogens is 276 g/mol. The first-order valence-corrected chi connectivity index (χ1v) is 6.28. The molecule has 7 heteroatoms. The quantitative estimate of drug-likeness (QED) is 0.286. The summed E-state index contributed by atoms with van der Waals surface area (Å²) in [4.78, 5) is 10.1. The lowest BCUT2D eigenvalue weighted by molar-refractivity contribution is -0.384. The van der Waals surface area contributed by atoms with Crippen LogP contribution in [0, 0.1) is 10.1 Å². The number of nitro benzene ring substituents is 1. The number of nitrogens with zero attached hydrogens (tertiary/aromatic N) is 2. The van der Waals surface area contributed by atoms with Gasteiger partial charge in [0.2, 0.25) is 0 Å². The van der Waals surface area contributed by atoms with Crippen molar-refractivity contribution in [3.8, 4) is 0 Å². The topological polar surface area (TPSA) is 79.6 Å². The first-order chi connectivity index (χ1) is 9.40. The number of hydrazone groups is 1. The molecule has 1 aromatic rings. The lowest BCUT2D eigenvalue weighted by Gasteiger charge is -2.07. The highest BCUT2D eigenvalue weighted by atomic mass is 32.1. The first kappa shape index (κ1) is 15.8. The molecule has 0 saturated heterocycles. The summed E-state index contributed by atoms with van der Waals surface area (Å²) in [5.41, 5.74) is 5.18. The average molecular weight is 292 g/mol. The van der Waals surface area contributed by atoms with Crippen molar-refractivity contribution in [1.82, 2.24) is 10.7 Å². The van der Waals surface area contributed by atoms with Gasteiger partial charge in [-0.15, -0.1) is 0 Å². The lowest BCUT2D eigenvalue weighted by atomic mass is 10.1. The third kappa shape index (κ3) is 5.15. The van der Waals surface area contributed by atoms with Gasteiger partial charge in [0.15, 0.2) is 5.11 Å². The fourth-order valence-electron chi connectivity index (χ4n) is 1.29. The van der Waals surface area contributed by atoms with Gasteiger partial charge in [0.25, 0.3) is 5.69 Å². The molecular formula is C13H16N4O2S. The molecule has 0 amide bonds. The van der Waals surface area contributed by atoms with Gasteiger partial charge >= 0.3 is 0 Å². The van der Waals surface area contributed by atoms with Gasteiger partial charge in [-0.3, -0.25) is 15.5 Å². The predicted molar refractivity (Wildman–Crippen MR) is 83.9 cm³/mol. The molecule has 0 bridgehead atoms. The van der Waals surface area contributed by atoms with Crippen LogP contribution in [0.2, 0.25) is 0 Å². The summed E-state index contributed by atoms with van der Waals surface area (Å²) >= 11 is 5.04. The third-order valence-corrected chi connectivity index (χ3v) is 2.61. The molecule has 0 aliphatic carbocycles. The average Bonchev–Trinajstić information content (AvgIpc) is 2.42. The Morgan fingerprint density at radius 3 is 2.50 bits per heavy atom. The molecule has 0 aromatic heterocycles. The van der Waals surface area contributed by atoms with E-state index in [1.165, 1.54) is 12.1 Å². The van der Waals surface area contributed by atoms with E-state index in [1.807, 2.05) is 6.92 Å². The van der Waals surface area contributed by atoms with Crippen molar-refractivity contribution < 1.29 is 4.92 Å². The monoisotopic (exact) mass is 292 g/mol. The van der Waals surface area contributed by atoms with Gasteiger partial charge in [-0.1, -0.05) is 12.2 Å². The zero-order valence-electron chi connectivity index (χ0n) is 11.3. The Balaban J connectivity index is 2.62. The summed E-state index contributed by atoms with van der Waals surface area (Å²) in [6, 6.07) is 6.16. The maximum absolute atomic E-state index is 10.6. The predicted octanol–water partition coefficient (Wildman–Crippen LogP) is 2.36. The molecule has 0 aliphatic rings. The van der Waals surface area contributed by atoms with E-state index in [0.717, 1.165) is 11.1 Å². The highest BCUT2D eigenvalue weighted by Gasteiger charge is 2.05. The van der Waals surface area contributed by atoms with E-state index in [1.54, 1.807) is 19.1 Å². The number of non-ortho nitro benzene ring substituents is 1. The Bertz CT molecular complexity index is 552. The van der Waals surface area contributed by atoms with Gasteiger partial charge in [-0.25, -0.2) is 0 Å². The van der Waals surface area contributed by atoms with Gasteiger partial charge in [-0.2, -0.15) is 5.10 Å². The Kier molecular flexibility index (Phi) is 5.79. The van der Waals surface area contributed by atoms with E-state index in [4.69, 9.17) is 12.2 Å². The molecule has 0 saturated carbocycles. The van der Waals surface area contributed by atoms with Crippen LogP contribution in [-0.4, -0.2) is 22.3 Å². The van der Waals surface area contributed by atoms with Crippen molar-refractivity contribution in [3.63, 3.8) is 0 Å². The molecule has 1 aromatic carbocycles. The summed E-state index contributed by atoms with van der Waals surface area (Å²) in [5.74, 6) is 0. The molecule has 0 atom stereocenters. The largest absolute Gasteiger partial charge is 0.358 e. The van der Waals surface area contributed by atoms with Crippen molar-refractivity contribution in [3.05, 3.63) is 52.1 Å². The van der Waals surface area contributed by atoms with Crippen LogP contribution in [0.1, 0.15) is 19.4 Å². The van der Waals surface area contributed by atoms with Gasteiger partial charge in [0.1, 0.15) is 0 Å². The molecule has 2 N–H and O–H groups in total. The molecule has 0 spiro atoms. The zero-order chi connectivity index (χ0) is 15.1. The zero-order valence-corrected chi connectivity index (χ0v) is 12.2. The van der Waals surface area contributed by atoms with Crippen LogP contribution in [0.5, 0.6) is 0 Å². The number of hydrogen-bond acceptors (Lipinski definition) is 4. The summed E-state index contributed by atoms with van der Waals surface area (Å²) in [5, 5.41) is 18.0. The standard InChI is InChI=1S/C13H16N4O2S/c1-9(2)8-14-13(20)16-15-10(3)11-4-6-12(7-5-11)17(18)19/h4-7H,1,8H2,2-3H3,(H2,14,16,20)/b15-10+. The van der Waals surface area contributed by atoms with Crippen LogP contribution in [0.25, 0.3) is 0 Å². The van der Waals surface area contributed by atoms with E-state index in [2.05, 4.69) is 22.4 Å². The summed E-state index contributed by atoms with van der Waals surface area (Å²) in [6.45, 7) is 8.01. The minimum atomic E-state index is -0.439. The molecule has 6 nitrogen and oxygen atoms in total. The Morgan fingerprint density at radius 1 is 1.40 bits per heavy atom. The smallest absolute Gasteiger partial charge is 0.269 e. The highest BCUT2D eigenvalue weighted by Crippen LogP contribution is 2.12. The number of nitro groups is 1.